The van der Waals surface area contributed by atoms with Crippen molar-refractivity contribution in [1.82, 2.24) is 9.80 Å². The minimum absolute atomic E-state index is 0.153. The minimum Gasteiger partial charge on any atom is -0.368 e. The number of rotatable bonds is 5. The maximum atomic E-state index is 11.6. The number of piperazine rings is 1. The van der Waals surface area contributed by atoms with Crippen LogP contribution in [0.2, 0.25) is 0 Å². The van der Waals surface area contributed by atoms with E-state index < -0.39 is 0 Å². The molecule has 4 heteroatoms. The molecular formula is C16H25N3O. The van der Waals surface area contributed by atoms with E-state index in [4.69, 9.17) is 5.73 Å². The van der Waals surface area contributed by atoms with Crippen LogP contribution in [0.15, 0.2) is 30.3 Å². The van der Waals surface area contributed by atoms with Crippen LogP contribution >= 0.6 is 0 Å². The van der Waals surface area contributed by atoms with Crippen LogP contribution in [0, 0.1) is 0 Å². The molecule has 4 nitrogen and oxygen atoms in total. The molecule has 0 aliphatic carbocycles. The van der Waals surface area contributed by atoms with Crippen LogP contribution < -0.4 is 5.73 Å². The third kappa shape index (κ3) is 3.81. The Morgan fingerprint density at radius 2 is 2.00 bits per heavy atom. The van der Waals surface area contributed by atoms with Crippen LogP contribution in [-0.2, 0) is 11.2 Å². The van der Waals surface area contributed by atoms with Crippen LogP contribution in [-0.4, -0.2) is 54.0 Å². The standard InChI is InChI=1S/C16H25N3O/c1-13(2)19-11-10-18(12-15(19)16(17)20)9-8-14-6-4-3-5-7-14/h3-7,13,15H,8-12H2,1-2H3,(H2,17,20). The van der Waals surface area contributed by atoms with E-state index in [1.54, 1.807) is 0 Å². The van der Waals surface area contributed by atoms with Crippen LogP contribution in [0.4, 0.5) is 0 Å². The first-order chi connectivity index (χ1) is 9.58. The molecule has 1 unspecified atom stereocenters. The lowest BCUT2D eigenvalue weighted by atomic mass is 10.1. The van der Waals surface area contributed by atoms with Gasteiger partial charge in [0.25, 0.3) is 0 Å². The molecule has 0 bridgehead atoms. The van der Waals surface area contributed by atoms with E-state index in [1.807, 2.05) is 6.07 Å². The highest BCUT2D eigenvalue weighted by Gasteiger charge is 2.31. The Kier molecular flexibility index (Phi) is 5.15. The molecule has 2 N–H and O–H groups in total. The summed E-state index contributed by atoms with van der Waals surface area (Å²) in [6, 6.07) is 10.7. The van der Waals surface area contributed by atoms with Crippen LogP contribution in [0.3, 0.4) is 0 Å². The molecule has 1 heterocycles. The summed E-state index contributed by atoms with van der Waals surface area (Å²) >= 11 is 0. The second-order valence-corrected chi connectivity index (χ2v) is 5.79. The minimum atomic E-state index is -0.205. The van der Waals surface area contributed by atoms with Crippen molar-refractivity contribution < 1.29 is 4.79 Å². The van der Waals surface area contributed by atoms with Gasteiger partial charge in [-0.2, -0.15) is 0 Å². The molecule has 1 aromatic carbocycles. The van der Waals surface area contributed by atoms with E-state index in [0.717, 1.165) is 32.6 Å². The monoisotopic (exact) mass is 275 g/mol. The summed E-state index contributed by atoms with van der Waals surface area (Å²) in [6.45, 7) is 7.90. The molecule has 1 fully saturated rings. The Bertz CT molecular complexity index is 433. The average Bonchev–Trinajstić information content (AvgIpc) is 2.45. The Labute approximate surface area is 121 Å². The molecule has 0 aromatic heterocycles. The fraction of sp³-hybridized carbons (Fsp3) is 0.562. The van der Waals surface area contributed by atoms with Gasteiger partial charge in [0, 0.05) is 32.2 Å². The fourth-order valence-corrected chi connectivity index (χ4v) is 2.86. The SMILES string of the molecule is CC(C)N1CCN(CCc2ccccc2)CC1C(N)=O. The van der Waals surface area contributed by atoms with Crippen molar-refractivity contribution in [2.24, 2.45) is 5.73 Å². The van der Waals surface area contributed by atoms with E-state index in [9.17, 15) is 4.79 Å². The predicted molar refractivity (Wildman–Crippen MR) is 81.4 cm³/mol. The molecule has 0 spiro atoms. The van der Waals surface area contributed by atoms with Gasteiger partial charge in [0.05, 0.1) is 0 Å². The maximum absolute atomic E-state index is 11.6. The second-order valence-electron chi connectivity index (χ2n) is 5.79. The molecule has 1 atom stereocenters. The Hall–Kier alpha value is -1.39. The normalized spacial score (nSPS) is 21.2. The number of hydrogen-bond acceptors (Lipinski definition) is 3. The summed E-state index contributed by atoms with van der Waals surface area (Å²) in [5.41, 5.74) is 6.90. The molecule has 1 aliphatic rings. The Balaban J connectivity index is 1.90. The summed E-state index contributed by atoms with van der Waals surface area (Å²) in [4.78, 5) is 16.2. The van der Waals surface area contributed by atoms with Crippen LogP contribution in [0.1, 0.15) is 19.4 Å². The zero-order valence-electron chi connectivity index (χ0n) is 12.5. The Morgan fingerprint density at radius 3 is 2.60 bits per heavy atom. The number of carbonyl (C=O) groups is 1. The summed E-state index contributed by atoms with van der Waals surface area (Å²) in [5.74, 6) is -0.205. The lowest BCUT2D eigenvalue weighted by Gasteiger charge is -2.42. The van der Waals surface area contributed by atoms with Crippen molar-refractivity contribution in [3.8, 4) is 0 Å². The second kappa shape index (κ2) is 6.86. The number of amides is 1. The number of nitrogens with two attached hydrogens (primary N) is 1. The van der Waals surface area contributed by atoms with Gasteiger partial charge in [0.15, 0.2) is 0 Å². The van der Waals surface area contributed by atoms with E-state index in [-0.39, 0.29) is 11.9 Å². The molecule has 20 heavy (non-hydrogen) atoms. The highest BCUT2D eigenvalue weighted by molar-refractivity contribution is 5.80. The van der Waals surface area contributed by atoms with Gasteiger partial charge in [-0.25, -0.2) is 0 Å². The summed E-state index contributed by atoms with van der Waals surface area (Å²) in [5, 5.41) is 0. The van der Waals surface area contributed by atoms with Crippen molar-refractivity contribution in [3.05, 3.63) is 35.9 Å². The fourth-order valence-electron chi connectivity index (χ4n) is 2.86. The van der Waals surface area contributed by atoms with Crippen LogP contribution in [0.5, 0.6) is 0 Å². The highest BCUT2D eigenvalue weighted by atomic mass is 16.1. The van der Waals surface area contributed by atoms with Crippen molar-refractivity contribution in [2.45, 2.75) is 32.4 Å². The van der Waals surface area contributed by atoms with Gasteiger partial charge in [-0.05, 0) is 25.8 Å². The topological polar surface area (TPSA) is 49.6 Å². The lowest BCUT2D eigenvalue weighted by Crippen LogP contribution is -2.60. The molecule has 0 radical (unpaired) electrons. The molecule has 110 valence electrons. The largest absolute Gasteiger partial charge is 0.368 e. The number of primary amides is 1. The van der Waals surface area contributed by atoms with Crippen molar-refractivity contribution >= 4 is 5.91 Å². The molecule has 0 saturated carbocycles. The van der Waals surface area contributed by atoms with E-state index in [1.165, 1.54) is 5.56 Å². The van der Waals surface area contributed by atoms with E-state index >= 15 is 0 Å². The smallest absolute Gasteiger partial charge is 0.236 e. The van der Waals surface area contributed by atoms with Crippen molar-refractivity contribution in [3.63, 3.8) is 0 Å². The summed E-state index contributed by atoms with van der Waals surface area (Å²) in [7, 11) is 0. The number of nitrogens with zero attached hydrogens (tertiary/aromatic N) is 2. The highest BCUT2D eigenvalue weighted by Crippen LogP contribution is 2.14. The summed E-state index contributed by atoms with van der Waals surface area (Å²) < 4.78 is 0. The van der Waals surface area contributed by atoms with Gasteiger partial charge >= 0.3 is 0 Å². The maximum Gasteiger partial charge on any atom is 0.236 e. The van der Waals surface area contributed by atoms with Gasteiger partial charge in [-0.1, -0.05) is 30.3 Å². The molecule has 1 aromatic rings. The number of hydrogen-bond donors (Lipinski definition) is 1. The van der Waals surface area contributed by atoms with Gasteiger partial charge in [-0.15, -0.1) is 0 Å². The first kappa shape index (κ1) is 15.0. The zero-order valence-corrected chi connectivity index (χ0v) is 12.5. The molecule has 1 aliphatic heterocycles. The van der Waals surface area contributed by atoms with Gasteiger partial charge in [0.1, 0.15) is 6.04 Å². The number of carbonyl (C=O) groups excluding carboxylic acids is 1. The van der Waals surface area contributed by atoms with Gasteiger partial charge in [0.2, 0.25) is 5.91 Å². The third-order valence-corrected chi connectivity index (χ3v) is 4.06. The van der Waals surface area contributed by atoms with Crippen LogP contribution in [0.25, 0.3) is 0 Å². The molecule has 2 rings (SSSR count). The van der Waals surface area contributed by atoms with Crippen molar-refractivity contribution in [2.75, 3.05) is 26.2 Å². The van der Waals surface area contributed by atoms with E-state index in [0.29, 0.717) is 6.04 Å². The molecule has 1 saturated heterocycles. The molecule has 1 amide bonds. The van der Waals surface area contributed by atoms with E-state index in [2.05, 4.69) is 47.9 Å². The Morgan fingerprint density at radius 1 is 1.30 bits per heavy atom. The first-order valence-corrected chi connectivity index (χ1v) is 7.39. The zero-order chi connectivity index (χ0) is 14.5. The van der Waals surface area contributed by atoms with Crippen molar-refractivity contribution in [1.29, 1.82) is 0 Å². The average molecular weight is 275 g/mol. The lowest BCUT2D eigenvalue weighted by molar-refractivity contribution is -0.126. The summed E-state index contributed by atoms with van der Waals surface area (Å²) in [6.07, 6.45) is 1.02. The quantitative estimate of drug-likeness (QED) is 0.876. The predicted octanol–water partition coefficient (Wildman–Crippen LogP) is 1.11. The van der Waals surface area contributed by atoms with Gasteiger partial charge < -0.3 is 5.73 Å². The number of benzene rings is 1. The first-order valence-electron chi connectivity index (χ1n) is 7.39. The third-order valence-electron chi connectivity index (χ3n) is 4.06. The molecular weight excluding hydrogens is 250 g/mol. The van der Waals surface area contributed by atoms with Gasteiger partial charge in [-0.3, -0.25) is 14.6 Å².